The fraction of sp³-hybridized carbons (Fsp3) is 0.433. The summed E-state index contributed by atoms with van der Waals surface area (Å²) in [7, 11) is -0.181. The lowest BCUT2D eigenvalue weighted by atomic mass is 9.64. The first-order chi connectivity index (χ1) is 21.4. The lowest BCUT2D eigenvalue weighted by molar-refractivity contribution is -0.134. The Bertz CT molecular complexity index is 1630. The number of nitrogens with two attached hydrogens (primary N) is 2. The van der Waals surface area contributed by atoms with Crippen LogP contribution in [0.3, 0.4) is 0 Å². The second-order valence-corrected chi connectivity index (χ2v) is 14.7. The lowest BCUT2D eigenvalue weighted by Gasteiger charge is -2.45. The predicted molar refractivity (Wildman–Crippen MR) is 169 cm³/mol. The number of aldehydes is 1. The Morgan fingerprint density at radius 2 is 1.93 bits per heavy atom. The van der Waals surface area contributed by atoms with Crippen LogP contribution in [0.15, 0.2) is 53.5 Å². The van der Waals surface area contributed by atoms with Crippen molar-refractivity contribution in [1.29, 1.82) is 0 Å². The molecule has 5 rings (SSSR count). The van der Waals surface area contributed by atoms with Gasteiger partial charge in [-0.25, -0.2) is 28.4 Å². The zero-order valence-corrected chi connectivity index (χ0v) is 27.4. The average molecular weight is 684 g/mol. The van der Waals surface area contributed by atoms with Gasteiger partial charge in [0, 0.05) is 25.8 Å². The molecule has 0 aliphatic heterocycles. The van der Waals surface area contributed by atoms with Crippen molar-refractivity contribution in [2.45, 2.75) is 64.3 Å². The Morgan fingerprint density at radius 3 is 2.46 bits per heavy atom. The first-order valence-corrected chi connectivity index (χ1v) is 16.2. The van der Waals surface area contributed by atoms with Gasteiger partial charge in [0.25, 0.3) is 0 Å². The van der Waals surface area contributed by atoms with Crippen LogP contribution in [0.25, 0.3) is 11.8 Å². The molecule has 2 aliphatic carbocycles. The predicted octanol–water partition coefficient (Wildman–Crippen LogP) is 4.46. The summed E-state index contributed by atoms with van der Waals surface area (Å²) in [5.74, 6) is 5.34. The minimum atomic E-state index is -4.23. The summed E-state index contributed by atoms with van der Waals surface area (Å²) >= 11 is 0.659. The maximum Gasteiger partial charge on any atom is 0.427 e. The molecule has 10 nitrogen and oxygen atoms in total. The van der Waals surface area contributed by atoms with Crippen LogP contribution in [-0.2, 0) is 28.4 Å². The smallest absolute Gasteiger partial charge is 0.389 e. The van der Waals surface area contributed by atoms with Crippen molar-refractivity contribution < 1.29 is 31.7 Å². The van der Waals surface area contributed by atoms with Crippen LogP contribution in [0.5, 0.6) is 0 Å². The summed E-state index contributed by atoms with van der Waals surface area (Å²) in [6, 6.07) is 5.85. The summed E-state index contributed by atoms with van der Waals surface area (Å²) in [6.07, 6.45) is 4.86. The molecule has 0 bridgehead atoms. The number of aliphatic hydroxyl groups is 1. The third-order valence-electron chi connectivity index (χ3n) is 7.58. The van der Waals surface area contributed by atoms with Crippen LogP contribution < -0.4 is 11.6 Å². The number of hydrazine groups is 1. The van der Waals surface area contributed by atoms with Gasteiger partial charge >= 0.3 is 6.18 Å². The van der Waals surface area contributed by atoms with Gasteiger partial charge < -0.3 is 20.6 Å². The Morgan fingerprint density at radius 1 is 1.26 bits per heavy atom. The molecule has 250 valence electrons. The summed E-state index contributed by atoms with van der Waals surface area (Å²) in [6.45, 7) is 4.94. The van der Waals surface area contributed by atoms with E-state index in [1.54, 1.807) is 55.1 Å². The van der Waals surface area contributed by atoms with Gasteiger partial charge in [0.05, 0.1) is 39.8 Å². The highest BCUT2D eigenvalue weighted by Crippen LogP contribution is 2.48. The minimum absolute atomic E-state index is 0.0669. The van der Waals surface area contributed by atoms with E-state index < -0.39 is 33.1 Å². The lowest BCUT2D eigenvalue weighted by Crippen LogP contribution is -2.51. The Labute approximate surface area is 270 Å². The van der Waals surface area contributed by atoms with Gasteiger partial charge in [-0.1, -0.05) is 5.57 Å². The number of benzene rings is 1. The van der Waals surface area contributed by atoms with Crippen LogP contribution >= 0.6 is 11.3 Å². The highest BCUT2D eigenvalue weighted by atomic mass is 32.2. The number of carbonyl (C=O) groups excluding carboxylic acids is 1. The number of fused-ring (bicyclic) bond motifs is 2. The van der Waals surface area contributed by atoms with E-state index in [0.29, 0.717) is 42.0 Å². The summed E-state index contributed by atoms with van der Waals surface area (Å²) in [4.78, 5) is 15.5. The zero-order valence-electron chi connectivity index (χ0n) is 25.8. The molecule has 1 saturated carbocycles. The van der Waals surface area contributed by atoms with Gasteiger partial charge in [0.2, 0.25) is 0 Å². The molecule has 2 aliphatic rings. The number of halogens is 4. The largest absolute Gasteiger partial charge is 0.427 e. The Balaban J connectivity index is 0.000000409. The van der Waals surface area contributed by atoms with Crippen molar-refractivity contribution in [1.82, 2.24) is 24.1 Å². The summed E-state index contributed by atoms with van der Waals surface area (Å²) < 4.78 is 65.6. The number of alkyl halides is 3. The van der Waals surface area contributed by atoms with E-state index in [-0.39, 0.29) is 23.4 Å². The second-order valence-electron chi connectivity index (χ2n) is 12.0. The van der Waals surface area contributed by atoms with Crippen molar-refractivity contribution in [2.24, 2.45) is 17.0 Å². The van der Waals surface area contributed by atoms with Crippen LogP contribution in [0.2, 0.25) is 0 Å². The third-order valence-corrected chi connectivity index (χ3v) is 9.90. The van der Waals surface area contributed by atoms with Crippen LogP contribution in [0.4, 0.5) is 17.6 Å². The van der Waals surface area contributed by atoms with E-state index in [1.165, 1.54) is 23.3 Å². The van der Waals surface area contributed by atoms with Crippen molar-refractivity contribution in [2.75, 3.05) is 13.6 Å². The minimum Gasteiger partial charge on any atom is -0.389 e. The maximum atomic E-state index is 13.4. The first kappa shape index (κ1) is 35.4. The van der Waals surface area contributed by atoms with E-state index in [1.807, 2.05) is 6.08 Å². The molecule has 1 aromatic carbocycles. The van der Waals surface area contributed by atoms with Gasteiger partial charge in [-0.15, -0.1) is 11.3 Å². The molecule has 16 heteroatoms. The molecule has 2 heterocycles. The summed E-state index contributed by atoms with van der Waals surface area (Å²) in [5, 5.41) is 16.8. The van der Waals surface area contributed by atoms with Gasteiger partial charge in [0.1, 0.15) is 33.0 Å². The standard InChI is InChI=1S/C25H33FN6O3S.C5H4F3NS/c1-24(2,34)15-31(36(35)23(27)14-30(3)28)21-7-4-18-10-22-17(11-25(18,12-21)16-33)13-29-32(22)20-8-5-19(26)6-9-20;1-3-9-2-4(10-3)5(6,7)8/h5-6,8-10,13-14,16,21,34H,4,7,11-12,15,27-28H2,1-3H3;2H,1H3/b23-14+;. The van der Waals surface area contributed by atoms with E-state index in [0.717, 1.165) is 35.0 Å². The fourth-order valence-corrected chi connectivity index (χ4v) is 7.65. The zero-order chi connectivity index (χ0) is 34.0. The molecule has 2 aromatic heterocycles. The quantitative estimate of drug-likeness (QED) is 0.137. The molecule has 0 amide bonds. The van der Waals surface area contributed by atoms with Crippen molar-refractivity contribution >= 4 is 34.7 Å². The van der Waals surface area contributed by atoms with Gasteiger partial charge in [-0.2, -0.15) is 18.3 Å². The van der Waals surface area contributed by atoms with Gasteiger partial charge in [-0.3, -0.25) is 0 Å². The number of hydrogen-bond acceptors (Lipinski definition) is 9. The van der Waals surface area contributed by atoms with E-state index >= 15 is 0 Å². The van der Waals surface area contributed by atoms with Crippen LogP contribution in [0.1, 0.15) is 54.3 Å². The SMILES string of the molecule is CN(N)/C=C(\N)S(=O)N(CC(C)(C)O)C1CCC2=Cc3c(cnn3-c3ccc(F)cc3)CC2(C=O)C1.Cc1ncc(C(F)(F)F)s1. The highest BCUT2D eigenvalue weighted by molar-refractivity contribution is 7.86. The number of thiazole rings is 1. The number of aromatic nitrogens is 3. The van der Waals surface area contributed by atoms with E-state index in [2.05, 4.69) is 10.1 Å². The molecule has 5 N–H and O–H groups in total. The number of hydrogen-bond donors (Lipinski definition) is 3. The molecule has 46 heavy (non-hydrogen) atoms. The molecule has 0 saturated heterocycles. The number of aryl methyl sites for hydroxylation is 1. The molecule has 0 spiro atoms. The fourth-order valence-electron chi connectivity index (χ4n) is 5.59. The highest BCUT2D eigenvalue weighted by Gasteiger charge is 2.46. The van der Waals surface area contributed by atoms with E-state index in [4.69, 9.17) is 11.6 Å². The molecular formula is C30H37F4N7O3S2. The normalized spacial score (nSPS) is 20.6. The van der Waals surface area contributed by atoms with Crippen molar-refractivity contribution in [3.63, 3.8) is 0 Å². The molecular weight excluding hydrogens is 647 g/mol. The topological polar surface area (TPSA) is 144 Å². The number of rotatable bonds is 8. The Kier molecular flexibility index (Phi) is 10.6. The van der Waals surface area contributed by atoms with Crippen LogP contribution in [0, 0.1) is 18.2 Å². The Hall–Kier alpha value is -3.44. The van der Waals surface area contributed by atoms with Gasteiger partial charge in [-0.05, 0) is 82.4 Å². The van der Waals surface area contributed by atoms with Crippen LogP contribution in [-0.4, -0.2) is 64.9 Å². The van der Waals surface area contributed by atoms with E-state index in [9.17, 15) is 31.7 Å². The monoisotopic (exact) mass is 683 g/mol. The number of allylic oxidation sites excluding steroid dienone is 1. The molecule has 3 unspecified atom stereocenters. The average Bonchev–Trinajstić information content (AvgIpc) is 3.60. The molecule has 3 atom stereocenters. The second kappa shape index (κ2) is 13.7. The molecule has 0 radical (unpaired) electrons. The number of nitrogens with zero attached hydrogens (tertiary/aromatic N) is 5. The molecule has 3 aromatic rings. The summed E-state index contributed by atoms with van der Waals surface area (Å²) in [5.41, 5.74) is 7.68. The third kappa shape index (κ3) is 8.28. The van der Waals surface area contributed by atoms with Crippen molar-refractivity contribution in [3.8, 4) is 5.69 Å². The molecule has 1 fully saturated rings. The number of carbonyl (C=O) groups is 1. The first-order valence-electron chi connectivity index (χ1n) is 14.3. The maximum absolute atomic E-state index is 13.4. The van der Waals surface area contributed by atoms with Gasteiger partial charge in [0.15, 0.2) is 0 Å². The van der Waals surface area contributed by atoms with Crippen molar-refractivity contribution in [3.05, 3.63) is 80.4 Å².